The number of fused-ring (bicyclic) bond motifs is 7. The fourth-order valence-corrected chi connectivity index (χ4v) is 8.75. The standard InChI is InChI=1S/C43H44N2O2S2/c1-4-7-9-11-13-28-21-39(48-26-28)30-15-18-33-34-19-16-31(40-22-29(27-49-40)14-12-10-8-5-2)24-36(34)42-41(35(33)23-30)44-37-20-17-32(25-38(37)45-42)43(46)47-6-3/h15-27H,4-14H2,1-3H3. The van der Waals surface area contributed by atoms with Crippen molar-refractivity contribution < 1.29 is 9.53 Å². The van der Waals surface area contributed by atoms with E-state index in [2.05, 4.69) is 73.1 Å². The van der Waals surface area contributed by atoms with Gasteiger partial charge in [0.2, 0.25) is 0 Å². The molecule has 7 aromatic rings. The van der Waals surface area contributed by atoms with Gasteiger partial charge in [0, 0.05) is 20.5 Å². The van der Waals surface area contributed by atoms with Gasteiger partial charge in [0.25, 0.3) is 0 Å². The fraction of sp³-hybridized carbons (Fsp3) is 0.326. The van der Waals surface area contributed by atoms with Crippen molar-refractivity contribution in [2.24, 2.45) is 0 Å². The van der Waals surface area contributed by atoms with E-state index in [0.717, 1.165) is 45.6 Å². The second kappa shape index (κ2) is 15.2. The molecular formula is C43H44N2O2S2. The van der Waals surface area contributed by atoms with Gasteiger partial charge in [0.05, 0.1) is 34.2 Å². The number of rotatable bonds is 14. The van der Waals surface area contributed by atoms with Crippen LogP contribution in [0.25, 0.3) is 64.5 Å². The van der Waals surface area contributed by atoms with Gasteiger partial charge in [-0.1, -0.05) is 76.6 Å². The van der Waals surface area contributed by atoms with Crippen molar-refractivity contribution in [1.29, 1.82) is 0 Å². The van der Waals surface area contributed by atoms with Crippen LogP contribution < -0.4 is 0 Å². The van der Waals surface area contributed by atoms with Gasteiger partial charge in [-0.15, -0.1) is 22.7 Å². The molecule has 4 aromatic carbocycles. The first-order valence-corrected chi connectivity index (χ1v) is 19.8. The van der Waals surface area contributed by atoms with E-state index in [1.807, 2.05) is 41.7 Å². The summed E-state index contributed by atoms with van der Waals surface area (Å²) in [7, 11) is 0. The average Bonchev–Trinajstić information content (AvgIpc) is 3.81. The molecule has 3 heterocycles. The number of aromatic nitrogens is 2. The lowest BCUT2D eigenvalue weighted by molar-refractivity contribution is 0.0526. The van der Waals surface area contributed by atoms with Gasteiger partial charge in [-0.2, -0.15) is 0 Å². The Balaban J connectivity index is 1.36. The molecule has 0 saturated carbocycles. The summed E-state index contributed by atoms with van der Waals surface area (Å²) >= 11 is 3.64. The molecule has 0 atom stereocenters. The highest BCUT2D eigenvalue weighted by molar-refractivity contribution is 7.14. The topological polar surface area (TPSA) is 52.1 Å². The molecule has 0 amide bonds. The molecule has 3 aromatic heterocycles. The van der Waals surface area contributed by atoms with E-state index in [9.17, 15) is 4.79 Å². The van der Waals surface area contributed by atoms with Crippen molar-refractivity contribution in [2.45, 2.75) is 85.0 Å². The Hall–Kier alpha value is -4.13. The van der Waals surface area contributed by atoms with Crippen LogP contribution in [-0.4, -0.2) is 22.5 Å². The summed E-state index contributed by atoms with van der Waals surface area (Å²) in [6.07, 6.45) is 12.4. The van der Waals surface area contributed by atoms with Crippen molar-refractivity contribution in [3.8, 4) is 20.9 Å². The molecule has 7 rings (SSSR count). The molecule has 0 unspecified atom stereocenters. The lowest BCUT2D eigenvalue weighted by atomic mass is 9.95. The molecule has 0 aliphatic heterocycles. The van der Waals surface area contributed by atoms with Crippen molar-refractivity contribution >= 4 is 72.3 Å². The Morgan fingerprint density at radius 1 is 0.592 bits per heavy atom. The zero-order valence-corrected chi connectivity index (χ0v) is 30.4. The van der Waals surface area contributed by atoms with Crippen LogP contribution in [0.4, 0.5) is 0 Å². The SMILES string of the molecule is CCCCCCc1csc(-c2ccc3c4ccc(-c5cc(CCCCCC)cs5)cc4c4nc5cc(C(=O)OCC)ccc5nc4c3c2)c1. The first-order chi connectivity index (χ1) is 24.1. The number of carbonyl (C=O) groups is 1. The van der Waals surface area contributed by atoms with Crippen LogP contribution in [0.2, 0.25) is 0 Å². The van der Waals surface area contributed by atoms with Crippen molar-refractivity contribution in [3.05, 3.63) is 94.2 Å². The van der Waals surface area contributed by atoms with E-state index in [4.69, 9.17) is 14.7 Å². The predicted octanol–water partition coefficient (Wildman–Crippen LogP) is 13.0. The first-order valence-electron chi connectivity index (χ1n) is 18.0. The highest BCUT2D eigenvalue weighted by atomic mass is 32.1. The van der Waals surface area contributed by atoms with Crippen LogP contribution >= 0.6 is 22.7 Å². The largest absolute Gasteiger partial charge is 0.462 e. The quantitative estimate of drug-likeness (QED) is 0.0495. The third-order valence-corrected chi connectivity index (χ3v) is 11.6. The van der Waals surface area contributed by atoms with Gasteiger partial charge < -0.3 is 4.74 Å². The van der Waals surface area contributed by atoms with E-state index >= 15 is 0 Å². The molecular weight excluding hydrogens is 641 g/mol. The Labute approximate surface area is 297 Å². The second-order valence-electron chi connectivity index (χ2n) is 13.1. The molecule has 0 bridgehead atoms. The number of thiophene rings is 2. The monoisotopic (exact) mass is 684 g/mol. The molecule has 250 valence electrons. The van der Waals surface area contributed by atoms with Crippen LogP contribution in [0.5, 0.6) is 0 Å². The molecule has 4 nitrogen and oxygen atoms in total. The van der Waals surface area contributed by atoms with E-state index in [1.165, 1.54) is 88.8 Å². The predicted molar refractivity (Wildman–Crippen MR) is 210 cm³/mol. The third-order valence-electron chi connectivity index (χ3n) is 9.53. The fourth-order valence-electron chi connectivity index (χ4n) is 6.86. The number of nitrogens with zero attached hydrogens (tertiary/aromatic N) is 2. The number of hydrogen-bond acceptors (Lipinski definition) is 6. The lowest BCUT2D eigenvalue weighted by Crippen LogP contribution is -2.04. The van der Waals surface area contributed by atoms with Crippen molar-refractivity contribution in [3.63, 3.8) is 0 Å². The minimum Gasteiger partial charge on any atom is -0.462 e. The minimum absolute atomic E-state index is 0.329. The number of hydrogen-bond donors (Lipinski definition) is 0. The number of benzene rings is 4. The normalized spacial score (nSPS) is 11.7. The van der Waals surface area contributed by atoms with Gasteiger partial charge in [0.15, 0.2) is 0 Å². The summed E-state index contributed by atoms with van der Waals surface area (Å²) < 4.78 is 5.30. The van der Waals surface area contributed by atoms with E-state index in [1.54, 1.807) is 6.07 Å². The van der Waals surface area contributed by atoms with E-state index < -0.39 is 0 Å². The minimum atomic E-state index is -0.342. The highest BCUT2D eigenvalue weighted by Gasteiger charge is 2.17. The Morgan fingerprint density at radius 3 is 1.67 bits per heavy atom. The van der Waals surface area contributed by atoms with Crippen molar-refractivity contribution in [2.75, 3.05) is 6.61 Å². The van der Waals surface area contributed by atoms with Crippen LogP contribution in [0.15, 0.2) is 77.5 Å². The van der Waals surface area contributed by atoms with Crippen LogP contribution in [-0.2, 0) is 17.6 Å². The summed E-state index contributed by atoms with van der Waals surface area (Å²) in [5.41, 5.74) is 8.93. The van der Waals surface area contributed by atoms with E-state index in [0.29, 0.717) is 17.7 Å². The lowest BCUT2D eigenvalue weighted by Gasteiger charge is -2.13. The molecule has 0 aliphatic carbocycles. The summed E-state index contributed by atoms with van der Waals surface area (Å²) in [5.74, 6) is -0.342. The third kappa shape index (κ3) is 7.13. The smallest absolute Gasteiger partial charge is 0.338 e. The Kier molecular flexibility index (Phi) is 10.3. The maximum absolute atomic E-state index is 12.6. The van der Waals surface area contributed by atoms with Crippen LogP contribution in [0, 0.1) is 0 Å². The first kappa shape index (κ1) is 33.4. The summed E-state index contributed by atoms with van der Waals surface area (Å²) in [4.78, 5) is 25.7. The molecule has 0 N–H and O–H groups in total. The van der Waals surface area contributed by atoms with Gasteiger partial charge in [-0.3, -0.25) is 0 Å². The molecule has 0 fully saturated rings. The van der Waals surface area contributed by atoms with Gasteiger partial charge in [-0.25, -0.2) is 14.8 Å². The van der Waals surface area contributed by atoms with E-state index in [-0.39, 0.29) is 5.97 Å². The molecule has 0 spiro atoms. The van der Waals surface area contributed by atoms with Gasteiger partial charge >= 0.3 is 5.97 Å². The summed E-state index contributed by atoms with van der Waals surface area (Å²) in [5, 5.41) is 9.14. The number of aryl methyl sites for hydroxylation is 2. The zero-order valence-electron chi connectivity index (χ0n) is 28.8. The molecule has 6 heteroatoms. The highest BCUT2D eigenvalue weighted by Crippen LogP contribution is 2.40. The molecule has 0 radical (unpaired) electrons. The molecule has 0 saturated heterocycles. The Bertz CT molecular complexity index is 2260. The van der Waals surface area contributed by atoms with Crippen molar-refractivity contribution in [1.82, 2.24) is 9.97 Å². The van der Waals surface area contributed by atoms with Gasteiger partial charge in [-0.05, 0) is 119 Å². The number of esters is 1. The average molecular weight is 685 g/mol. The van der Waals surface area contributed by atoms with Gasteiger partial charge in [0.1, 0.15) is 0 Å². The molecule has 0 aliphatic rings. The number of unbranched alkanes of at least 4 members (excludes halogenated alkanes) is 6. The zero-order chi connectivity index (χ0) is 33.7. The van der Waals surface area contributed by atoms with Crippen LogP contribution in [0.3, 0.4) is 0 Å². The van der Waals surface area contributed by atoms with Crippen LogP contribution in [0.1, 0.15) is 93.6 Å². The summed E-state index contributed by atoms with van der Waals surface area (Å²) in [6.45, 7) is 6.67. The summed E-state index contributed by atoms with van der Waals surface area (Å²) in [6, 6.07) is 23.9. The second-order valence-corrected chi connectivity index (χ2v) is 14.9. The maximum atomic E-state index is 12.6. The number of carbonyl (C=O) groups excluding carboxylic acids is 1. The molecule has 49 heavy (non-hydrogen) atoms. The Morgan fingerprint density at radius 2 is 1.14 bits per heavy atom. The maximum Gasteiger partial charge on any atom is 0.338 e. The number of ether oxygens (including phenoxy) is 1.